The number of carbonyl (C=O) groups excluding carboxylic acids is 2. The van der Waals surface area contributed by atoms with E-state index in [0.29, 0.717) is 28.4 Å². The van der Waals surface area contributed by atoms with Crippen molar-refractivity contribution >= 4 is 34.9 Å². The van der Waals surface area contributed by atoms with Crippen LogP contribution in [0.2, 0.25) is 5.02 Å². The molecule has 2 aromatic rings. The highest BCUT2D eigenvalue weighted by Gasteiger charge is 2.37. The molecule has 0 saturated heterocycles. The van der Waals surface area contributed by atoms with Crippen LogP contribution < -0.4 is 5.32 Å². The Hall–Kier alpha value is -2.31. The molecular weight excluding hydrogens is 360 g/mol. The fourth-order valence-electron chi connectivity index (χ4n) is 2.85. The average Bonchev–Trinajstić information content (AvgIpc) is 3.11. The van der Waals surface area contributed by atoms with Crippen molar-refractivity contribution in [2.75, 3.05) is 7.11 Å². The number of amides is 2. The molecular formula is C18H17ClN2O3S. The number of halogens is 1. The van der Waals surface area contributed by atoms with Gasteiger partial charge in [-0.2, -0.15) is 0 Å². The number of allylic oxidation sites excluding steroid dienone is 1. The second kappa shape index (κ2) is 7.29. The molecule has 3 rings (SSSR count). The number of hydrogen-bond acceptors (Lipinski definition) is 4. The van der Waals surface area contributed by atoms with Crippen LogP contribution in [0.15, 0.2) is 53.0 Å². The zero-order chi connectivity index (χ0) is 18.0. The Morgan fingerprint density at radius 3 is 2.72 bits per heavy atom. The minimum atomic E-state index is -0.645. The Kier molecular flexibility index (Phi) is 5.11. The average molecular weight is 377 g/mol. The number of nitrogens with one attached hydrogen (secondary N) is 1. The maximum Gasteiger partial charge on any atom is 0.337 e. The largest absolute Gasteiger partial charge is 0.466 e. The molecule has 2 amide bonds. The van der Waals surface area contributed by atoms with Gasteiger partial charge in [-0.1, -0.05) is 35.9 Å². The van der Waals surface area contributed by atoms with Gasteiger partial charge in [0.2, 0.25) is 0 Å². The standard InChI is InChI=1S/C18H17ClN2O3S/c1-11-15(17(22)24-2)16(13-7-3-4-8-14(13)19)20-18(23)21(11)10-12-6-5-9-25-12/h3-9,16H,10H2,1-2H3,(H,20,23). The smallest absolute Gasteiger partial charge is 0.337 e. The van der Waals surface area contributed by atoms with Gasteiger partial charge in [0.15, 0.2) is 0 Å². The van der Waals surface area contributed by atoms with E-state index in [1.54, 1.807) is 41.4 Å². The third kappa shape index (κ3) is 3.41. The molecule has 0 radical (unpaired) electrons. The number of thiophene rings is 1. The van der Waals surface area contributed by atoms with Crippen molar-refractivity contribution in [3.8, 4) is 0 Å². The van der Waals surface area contributed by atoms with Crippen molar-refractivity contribution in [3.63, 3.8) is 0 Å². The summed E-state index contributed by atoms with van der Waals surface area (Å²) in [7, 11) is 1.33. The van der Waals surface area contributed by atoms with Gasteiger partial charge in [-0.05, 0) is 30.0 Å². The lowest BCUT2D eigenvalue weighted by Gasteiger charge is -2.35. The van der Waals surface area contributed by atoms with Gasteiger partial charge >= 0.3 is 12.0 Å². The Bertz CT molecular complexity index is 833. The molecule has 0 saturated carbocycles. The number of ether oxygens (including phenoxy) is 1. The van der Waals surface area contributed by atoms with Crippen LogP contribution >= 0.6 is 22.9 Å². The third-order valence-electron chi connectivity index (χ3n) is 4.11. The highest BCUT2D eigenvalue weighted by molar-refractivity contribution is 7.09. The van der Waals surface area contributed by atoms with E-state index >= 15 is 0 Å². The van der Waals surface area contributed by atoms with E-state index in [4.69, 9.17) is 16.3 Å². The number of carbonyl (C=O) groups is 2. The van der Waals surface area contributed by atoms with E-state index in [2.05, 4.69) is 5.32 Å². The maximum absolute atomic E-state index is 12.7. The van der Waals surface area contributed by atoms with Gasteiger partial charge < -0.3 is 10.1 Å². The van der Waals surface area contributed by atoms with E-state index in [1.807, 2.05) is 23.6 Å². The second-order valence-electron chi connectivity index (χ2n) is 5.56. The third-order valence-corrected chi connectivity index (χ3v) is 5.32. The molecule has 7 heteroatoms. The Morgan fingerprint density at radius 2 is 2.08 bits per heavy atom. The maximum atomic E-state index is 12.7. The summed E-state index contributed by atoms with van der Waals surface area (Å²) in [5.74, 6) is -0.487. The summed E-state index contributed by atoms with van der Waals surface area (Å²) in [5, 5.41) is 5.31. The minimum absolute atomic E-state index is 0.275. The van der Waals surface area contributed by atoms with Gasteiger partial charge in [0.05, 0.1) is 25.3 Å². The summed E-state index contributed by atoms with van der Waals surface area (Å²) in [4.78, 5) is 27.7. The molecule has 5 nitrogen and oxygen atoms in total. The van der Waals surface area contributed by atoms with E-state index < -0.39 is 12.0 Å². The molecule has 25 heavy (non-hydrogen) atoms. The van der Waals surface area contributed by atoms with Gasteiger partial charge in [0.25, 0.3) is 0 Å². The van der Waals surface area contributed by atoms with Crippen molar-refractivity contribution in [1.29, 1.82) is 0 Å². The van der Waals surface area contributed by atoms with Crippen LogP contribution in [0.25, 0.3) is 0 Å². The molecule has 1 aliphatic heterocycles. The number of urea groups is 1. The summed E-state index contributed by atoms with van der Waals surface area (Å²) < 4.78 is 4.96. The van der Waals surface area contributed by atoms with E-state index in [-0.39, 0.29) is 6.03 Å². The van der Waals surface area contributed by atoms with Crippen LogP contribution in [0.1, 0.15) is 23.4 Å². The Morgan fingerprint density at radius 1 is 1.32 bits per heavy atom. The molecule has 2 heterocycles. The first-order valence-corrected chi connectivity index (χ1v) is 8.92. The van der Waals surface area contributed by atoms with Gasteiger partial charge in [-0.25, -0.2) is 9.59 Å². The van der Waals surface area contributed by atoms with Crippen molar-refractivity contribution in [3.05, 3.63) is 68.5 Å². The van der Waals surface area contributed by atoms with E-state index in [1.165, 1.54) is 7.11 Å². The predicted octanol–water partition coefficient (Wildman–Crippen LogP) is 4.12. The van der Waals surface area contributed by atoms with Crippen LogP contribution in [-0.2, 0) is 16.1 Å². The van der Waals surface area contributed by atoms with Crippen LogP contribution in [-0.4, -0.2) is 24.0 Å². The first-order chi connectivity index (χ1) is 12.0. The monoisotopic (exact) mass is 376 g/mol. The lowest BCUT2D eigenvalue weighted by atomic mass is 9.95. The molecule has 0 spiro atoms. The van der Waals surface area contributed by atoms with Gasteiger partial charge in [-0.3, -0.25) is 4.90 Å². The molecule has 0 fully saturated rings. The summed E-state index contributed by atoms with van der Waals surface area (Å²) >= 11 is 7.83. The normalized spacial score (nSPS) is 17.5. The van der Waals surface area contributed by atoms with Crippen LogP contribution in [0.3, 0.4) is 0 Å². The zero-order valence-electron chi connectivity index (χ0n) is 13.8. The zero-order valence-corrected chi connectivity index (χ0v) is 15.4. The molecule has 0 aliphatic carbocycles. The quantitative estimate of drug-likeness (QED) is 0.817. The number of hydrogen-bond donors (Lipinski definition) is 1. The van der Waals surface area contributed by atoms with Gasteiger partial charge in [0, 0.05) is 15.6 Å². The molecule has 1 aliphatic rings. The van der Waals surface area contributed by atoms with Crippen LogP contribution in [0.5, 0.6) is 0 Å². The highest BCUT2D eigenvalue weighted by atomic mass is 35.5. The van der Waals surface area contributed by atoms with Crippen molar-refractivity contribution in [2.24, 2.45) is 0 Å². The summed E-state index contributed by atoms with van der Waals surface area (Å²) in [5.41, 5.74) is 1.61. The first-order valence-electron chi connectivity index (χ1n) is 7.67. The van der Waals surface area contributed by atoms with Crippen molar-refractivity contribution in [1.82, 2.24) is 10.2 Å². The second-order valence-corrected chi connectivity index (χ2v) is 7.00. The summed E-state index contributed by atoms with van der Waals surface area (Å²) in [6, 6.07) is 10.1. The molecule has 1 aromatic carbocycles. The minimum Gasteiger partial charge on any atom is -0.466 e. The fraction of sp³-hybridized carbons (Fsp3) is 0.222. The predicted molar refractivity (Wildman–Crippen MR) is 97.3 cm³/mol. The molecule has 1 aromatic heterocycles. The number of esters is 1. The number of methoxy groups -OCH3 is 1. The molecule has 1 N–H and O–H groups in total. The molecule has 1 unspecified atom stereocenters. The Labute approximate surface area is 154 Å². The van der Waals surface area contributed by atoms with Crippen LogP contribution in [0, 0.1) is 0 Å². The first kappa shape index (κ1) is 17.5. The topological polar surface area (TPSA) is 58.6 Å². The van der Waals surface area contributed by atoms with E-state index in [0.717, 1.165) is 4.88 Å². The number of benzene rings is 1. The molecule has 1 atom stereocenters. The number of nitrogens with zero attached hydrogens (tertiary/aromatic N) is 1. The lowest BCUT2D eigenvalue weighted by Crippen LogP contribution is -2.47. The van der Waals surface area contributed by atoms with Gasteiger partial charge in [-0.15, -0.1) is 11.3 Å². The highest BCUT2D eigenvalue weighted by Crippen LogP contribution is 2.35. The SMILES string of the molecule is COC(=O)C1=C(C)N(Cc2cccs2)C(=O)NC1c1ccccc1Cl. The van der Waals surface area contributed by atoms with Crippen molar-refractivity contribution < 1.29 is 14.3 Å². The van der Waals surface area contributed by atoms with Gasteiger partial charge in [0.1, 0.15) is 0 Å². The van der Waals surface area contributed by atoms with Crippen molar-refractivity contribution in [2.45, 2.75) is 19.5 Å². The summed E-state index contributed by atoms with van der Waals surface area (Å²) in [6.45, 7) is 2.15. The number of rotatable bonds is 4. The lowest BCUT2D eigenvalue weighted by molar-refractivity contribution is -0.136. The summed E-state index contributed by atoms with van der Waals surface area (Å²) in [6.07, 6.45) is 0. The van der Waals surface area contributed by atoms with Crippen LogP contribution in [0.4, 0.5) is 4.79 Å². The molecule has 0 bridgehead atoms. The fourth-order valence-corrected chi connectivity index (χ4v) is 3.78. The van der Waals surface area contributed by atoms with E-state index in [9.17, 15) is 9.59 Å². The molecule has 130 valence electrons. The Balaban J connectivity index is 2.06.